The van der Waals surface area contributed by atoms with E-state index in [1.807, 2.05) is 28.8 Å². The number of furan rings is 1. The number of H-pyrrole nitrogens is 1. The Bertz CT molecular complexity index is 983. The number of carbonyl (C=O) groups excluding carboxylic acids is 1. The Morgan fingerprint density at radius 1 is 1.48 bits per heavy atom. The fourth-order valence-corrected chi connectivity index (χ4v) is 3.28. The highest BCUT2D eigenvalue weighted by molar-refractivity contribution is 7.71. The minimum atomic E-state index is -0.292. The average Bonchev–Trinajstić information content (AvgIpc) is 3.29. The van der Waals surface area contributed by atoms with Crippen molar-refractivity contribution < 1.29 is 13.9 Å². The minimum absolute atomic E-state index is 0.273. The molecule has 8 heteroatoms. The van der Waals surface area contributed by atoms with Gasteiger partial charge in [0.25, 0.3) is 5.91 Å². The lowest BCUT2D eigenvalue weighted by Crippen LogP contribution is -2.25. The standard InChI is InChI=1S/C17H18N4O3S/c1-23-9-12-11-4-2-3-5-13(11)24-15(12)16(22)18-8-14-19-20-17(25)21(14)10-6-7-10/h2-5,10H,6-9H2,1H3,(H,18,22)(H,20,25). The van der Waals surface area contributed by atoms with E-state index in [0.29, 0.717) is 23.0 Å². The number of ether oxygens (including phenoxy) is 1. The van der Waals surface area contributed by atoms with E-state index in [0.717, 1.165) is 29.6 Å². The topological polar surface area (TPSA) is 85.1 Å². The molecule has 1 amide bonds. The van der Waals surface area contributed by atoms with Gasteiger partial charge in [0, 0.05) is 24.1 Å². The molecule has 7 nitrogen and oxygen atoms in total. The van der Waals surface area contributed by atoms with E-state index in [1.165, 1.54) is 0 Å². The Morgan fingerprint density at radius 2 is 2.28 bits per heavy atom. The Hall–Kier alpha value is -2.45. The second-order valence-electron chi connectivity index (χ2n) is 6.07. The van der Waals surface area contributed by atoms with Crippen molar-refractivity contribution in [1.29, 1.82) is 0 Å². The second kappa shape index (κ2) is 6.45. The van der Waals surface area contributed by atoms with E-state index in [-0.39, 0.29) is 18.2 Å². The molecule has 4 rings (SSSR count). The molecule has 1 saturated carbocycles. The Kier molecular flexibility index (Phi) is 4.14. The number of methoxy groups -OCH3 is 1. The van der Waals surface area contributed by atoms with Crippen molar-refractivity contribution in [2.45, 2.75) is 32.0 Å². The summed E-state index contributed by atoms with van der Waals surface area (Å²) >= 11 is 5.26. The summed E-state index contributed by atoms with van der Waals surface area (Å²) in [6.07, 6.45) is 2.19. The number of benzene rings is 1. The Labute approximate surface area is 149 Å². The molecule has 0 spiro atoms. The van der Waals surface area contributed by atoms with Crippen LogP contribution in [0.3, 0.4) is 0 Å². The third-order valence-corrected chi connectivity index (χ3v) is 4.58. The molecule has 130 valence electrons. The summed E-state index contributed by atoms with van der Waals surface area (Å²) < 4.78 is 13.6. The van der Waals surface area contributed by atoms with Crippen LogP contribution in [-0.2, 0) is 17.9 Å². The van der Waals surface area contributed by atoms with E-state index in [1.54, 1.807) is 7.11 Å². The zero-order valence-corrected chi connectivity index (χ0v) is 14.6. The number of aromatic nitrogens is 3. The zero-order chi connectivity index (χ0) is 17.4. The average molecular weight is 358 g/mol. The molecule has 2 aromatic heterocycles. The number of amides is 1. The van der Waals surface area contributed by atoms with Crippen molar-refractivity contribution in [3.63, 3.8) is 0 Å². The summed E-state index contributed by atoms with van der Waals surface area (Å²) in [7, 11) is 1.59. The first-order valence-corrected chi connectivity index (χ1v) is 8.53. The smallest absolute Gasteiger partial charge is 0.287 e. The molecule has 1 aliphatic rings. The van der Waals surface area contributed by atoms with Crippen LogP contribution in [0.1, 0.15) is 40.8 Å². The molecule has 1 aromatic carbocycles. The predicted molar refractivity (Wildman–Crippen MR) is 93.8 cm³/mol. The molecule has 1 fully saturated rings. The number of para-hydroxylation sites is 1. The quantitative estimate of drug-likeness (QED) is 0.662. The molecule has 0 radical (unpaired) electrons. The van der Waals surface area contributed by atoms with Crippen LogP contribution in [0.4, 0.5) is 0 Å². The molecule has 2 N–H and O–H groups in total. The van der Waals surface area contributed by atoms with Crippen LogP contribution < -0.4 is 5.32 Å². The first kappa shape index (κ1) is 16.0. The first-order chi connectivity index (χ1) is 12.2. The number of hydrogen-bond acceptors (Lipinski definition) is 5. The van der Waals surface area contributed by atoms with Gasteiger partial charge < -0.3 is 14.5 Å². The maximum absolute atomic E-state index is 12.7. The van der Waals surface area contributed by atoms with Gasteiger partial charge in [-0.25, -0.2) is 0 Å². The summed E-state index contributed by atoms with van der Waals surface area (Å²) in [6, 6.07) is 7.93. The molecule has 0 aliphatic heterocycles. The fraction of sp³-hybridized carbons (Fsp3) is 0.353. The van der Waals surface area contributed by atoms with E-state index in [4.69, 9.17) is 21.4 Å². The van der Waals surface area contributed by atoms with Gasteiger partial charge in [-0.15, -0.1) is 0 Å². The highest BCUT2D eigenvalue weighted by atomic mass is 32.1. The molecule has 0 unspecified atom stereocenters. The maximum atomic E-state index is 12.7. The molecule has 25 heavy (non-hydrogen) atoms. The molecule has 3 aromatic rings. The largest absolute Gasteiger partial charge is 0.451 e. The number of fused-ring (bicyclic) bond motifs is 1. The van der Waals surface area contributed by atoms with Crippen LogP contribution in [0.15, 0.2) is 28.7 Å². The summed E-state index contributed by atoms with van der Waals surface area (Å²) in [5.41, 5.74) is 1.41. The van der Waals surface area contributed by atoms with Crippen LogP contribution in [0.2, 0.25) is 0 Å². The minimum Gasteiger partial charge on any atom is -0.451 e. The number of rotatable bonds is 6. The monoisotopic (exact) mass is 358 g/mol. The van der Waals surface area contributed by atoms with Crippen molar-refractivity contribution >= 4 is 29.1 Å². The molecule has 0 saturated heterocycles. The third kappa shape index (κ3) is 2.98. The van der Waals surface area contributed by atoms with Gasteiger partial charge in [0.1, 0.15) is 5.58 Å². The van der Waals surface area contributed by atoms with E-state index >= 15 is 0 Å². The molecule has 0 atom stereocenters. The van der Waals surface area contributed by atoms with Gasteiger partial charge in [0.05, 0.1) is 13.2 Å². The SMILES string of the molecule is COCc1c(C(=O)NCc2n[nH]c(=S)n2C2CC2)oc2ccccc12. The molecular formula is C17H18N4O3S. The Balaban J connectivity index is 1.58. The van der Waals surface area contributed by atoms with Gasteiger partial charge in [-0.2, -0.15) is 5.10 Å². The fourth-order valence-electron chi connectivity index (χ4n) is 2.98. The maximum Gasteiger partial charge on any atom is 0.287 e. The van der Waals surface area contributed by atoms with Crippen LogP contribution in [0, 0.1) is 4.77 Å². The van der Waals surface area contributed by atoms with Crippen molar-refractivity contribution in [3.05, 3.63) is 46.2 Å². The summed E-state index contributed by atoms with van der Waals surface area (Å²) in [5, 5.41) is 10.8. The highest BCUT2D eigenvalue weighted by Gasteiger charge is 2.27. The normalized spacial score (nSPS) is 14.1. The van der Waals surface area contributed by atoms with E-state index in [9.17, 15) is 4.79 Å². The van der Waals surface area contributed by atoms with E-state index in [2.05, 4.69) is 15.5 Å². The molecule has 2 heterocycles. The van der Waals surface area contributed by atoms with E-state index < -0.39 is 0 Å². The van der Waals surface area contributed by atoms with Gasteiger partial charge in [-0.3, -0.25) is 14.5 Å². The predicted octanol–water partition coefficient (Wildman–Crippen LogP) is 3.10. The highest BCUT2D eigenvalue weighted by Crippen LogP contribution is 2.35. The summed E-state index contributed by atoms with van der Waals surface area (Å²) in [5.74, 6) is 0.708. The van der Waals surface area contributed by atoms with Crippen molar-refractivity contribution in [3.8, 4) is 0 Å². The molecule has 1 aliphatic carbocycles. The lowest BCUT2D eigenvalue weighted by atomic mass is 10.1. The van der Waals surface area contributed by atoms with Crippen LogP contribution in [0.25, 0.3) is 11.0 Å². The van der Waals surface area contributed by atoms with Gasteiger partial charge in [0.2, 0.25) is 0 Å². The lowest BCUT2D eigenvalue weighted by Gasteiger charge is -2.07. The third-order valence-electron chi connectivity index (χ3n) is 4.29. The van der Waals surface area contributed by atoms with Gasteiger partial charge in [0.15, 0.2) is 16.4 Å². The van der Waals surface area contributed by atoms with Gasteiger partial charge >= 0.3 is 0 Å². The zero-order valence-electron chi connectivity index (χ0n) is 13.7. The summed E-state index contributed by atoms with van der Waals surface area (Å²) in [6.45, 7) is 0.590. The number of aromatic amines is 1. The van der Waals surface area contributed by atoms with Gasteiger partial charge in [-0.05, 0) is 31.1 Å². The van der Waals surface area contributed by atoms with Crippen molar-refractivity contribution in [2.75, 3.05) is 7.11 Å². The number of hydrogen-bond donors (Lipinski definition) is 2. The van der Waals surface area contributed by atoms with Crippen molar-refractivity contribution in [1.82, 2.24) is 20.1 Å². The van der Waals surface area contributed by atoms with Crippen molar-refractivity contribution in [2.24, 2.45) is 0 Å². The summed E-state index contributed by atoms with van der Waals surface area (Å²) in [4.78, 5) is 12.7. The first-order valence-electron chi connectivity index (χ1n) is 8.12. The van der Waals surface area contributed by atoms with Gasteiger partial charge in [-0.1, -0.05) is 18.2 Å². The molecular weight excluding hydrogens is 340 g/mol. The number of nitrogens with zero attached hydrogens (tertiary/aromatic N) is 2. The second-order valence-corrected chi connectivity index (χ2v) is 6.45. The van der Waals surface area contributed by atoms with Crippen LogP contribution >= 0.6 is 12.2 Å². The molecule has 0 bridgehead atoms. The van der Waals surface area contributed by atoms with Crippen LogP contribution in [-0.4, -0.2) is 27.8 Å². The van der Waals surface area contributed by atoms with Crippen LogP contribution in [0.5, 0.6) is 0 Å². The lowest BCUT2D eigenvalue weighted by molar-refractivity contribution is 0.0917. The Morgan fingerprint density at radius 3 is 3.04 bits per heavy atom. The number of nitrogens with one attached hydrogen (secondary N) is 2. The number of carbonyl (C=O) groups is 1.